The number of ether oxygens (including phenoxy) is 2. The third-order valence-electron chi connectivity index (χ3n) is 4.55. The first-order valence-electron chi connectivity index (χ1n) is 7.58. The van der Waals surface area contributed by atoms with Gasteiger partial charge in [-0.2, -0.15) is 5.10 Å². The summed E-state index contributed by atoms with van der Waals surface area (Å²) in [6, 6.07) is 0.198. The summed E-state index contributed by atoms with van der Waals surface area (Å²) in [7, 11) is 1.70. The van der Waals surface area contributed by atoms with Gasteiger partial charge in [-0.05, 0) is 18.9 Å². The monoisotopic (exact) mass is 293 g/mol. The van der Waals surface area contributed by atoms with E-state index in [9.17, 15) is 4.79 Å². The fraction of sp³-hybridized carbons (Fsp3) is 0.733. The lowest BCUT2D eigenvalue weighted by molar-refractivity contribution is -0.130. The second-order valence-electron chi connectivity index (χ2n) is 6.03. The Bertz CT molecular complexity index is 502. The summed E-state index contributed by atoms with van der Waals surface area (Å²) in [5.74, 6) is 0.832. The number of carbonyl (C=O) groups excluding carboxylic acids is 1. The molecular formula is C15H23N3O3. The Morgan fingerprint density at radius 1 is 1.62 bits per heavy atom. The molecule has 4 atom stereocenters. The summed E-state index contributed by atoms with van der Waals surface area (Å²) in [5.41, 5.74) is 1.11. The molecule has 0 spiro atoms. The average molecular weight is 293 g/mol. The number of aryl methyl sites for hydroxylation is 2. The molecule has 1 amide bonds. The van der Waals surface area contributed by atoms with Crippen LogP contribution in [-0.2, 0) is 20.8 Å². The minimum absolute atomic E-state index is 0.0830. The Balaban J connectivity index is 1.49. The van der Waals surface area contributed by atoms with E-state index in [4.69, 9.17) is 9.47 Å². The number of carbonyl (C=O) groups is 1. The molecule has 116 valence electrons. The van der Waals surface area contributed by atoms with E-state index in [0.717, 1.165) is 18.6 Å². The largest absolute Gasteiger partial charge is 0.384 e. The highest BCUT2D eigenvalue weighted by Gasteiger charge is 2.54. The number of nitrogens with zero attached hydrogens (tertiary/aromatic N) is 2. The predicted molar refractivity (Wildman–Crippen MR) is 76.7 cm³/mol. The lowest BCUT2D eigenvalue weighted by Gasteiger charge is -2.47. The number of fused-ring (bicyclic) bond motifs is 1. The first-order chi connectivity index (χ1) is 10.2. The Morgan fingerprint density at radius 2 is 2.48 bits per heavy atom. The molecule has 2 fully saturated rings. The maximum absolute atomic E-state index is 12.1. The van der Waals surface area contributed by atoms with Gasteiger partial charge in [-0.25, -0.2) is 0 Å². The van der Waals surface area contributed by atoms with Crippen LogP contribution in [0.5, 0.6) is 0 Å². The van der Waals surface area contributed by atoms with Crippen LogP contribution in [0, 0.1) is 18.8 Å². The van der Waals surface area contributed by atoms with E-state index in [1.54, 1.807) is 13.3 Å². The maximum Gasteiger partial charge on any atom is 0.222 e. The van der Waals surface area contributed by atoms with Crippen LogP contribution in [0.15, 0.2) is 12.4 Å². The number of hydrogen-bond donors (Lipinski definition) is 1. The van der Waals surface area contributed by atoms with Gasteiger partial charge in [0.05, 0.1) is 18.9 Å². The summed E-state index contributed by atoms with van der Waals surface area (Å²) in [6.07, 6.45) is 5.51. The van der Waals surface area contributed by atoms with E-state index >= 15 is 0 Å². The summed E-state index contributed by atoms with van der Waals surface area (Å²) >= 11 is 0. The molecule has 2 heterocycles. The van der Waals surface area contributed by atoms with Gasteiger partial charge in [0.25, 0.3) is 0 Å². The van der Waals surface area contributed by atoms with Crippen LogP contribution in [-0.4, -0.2) is 48.2 Å². The zero-order chi connectivity index (χ0) is 14.8. The Labute approximate surface area is 124 Å². The molecule has 6 heteroatoms. The van der Waals surface area contributed by atoms with Crippen molar-refractivity contribution in [3.8, 4) is 0 Å². The van der Waals surface area contributed by atoms with E-state index in [1.165, 1.54) is 0 Å². The Kier molecular flexibility index (Phi) is 4.26. The summed E-state index contributed by atoms with van der Waals surface area (Å²) in [4.78, 5) is 12.1. The second-order valence-corrected chi connectivity index (χ2v) is 6.03. The van der Waals surface area contributed by atoms with E-state index in [0.29, 0.717) is 31.4 Å². The van der Waals surface area contributed by atoms with Gasteiger partial charge >= 0.3 is 0 Å². The standard InChI is InChI=1S/C15H23N3O3/c1-10-7-16-18(8-10)5-3-13(19)17-14-11-4-6-21-15(11)12(14)9-20-2/h7-8,11-12,14-15H,3-6,9H2,1-2H3,(H,17,19)/t11-,12+,14+,15-/m0/s1. The lowest BCUT2D eigenvalue weighted by atomic mass is 9.67. The molecule has 2 aliphatic rings. The molecule has 0 aromatic carbocycles. The topological polar surface area (TPSA) is 65.4 Å². The van der Waals surface area contributed by atoms with Crippen LogP contribution < -0.4 is 5.32 Å². The third-order valence-corrected chi connectivity index (χ3v) is 4.55. The number of amides is 1. The highest BCUT2D eigenvalue weighted by atomic mass is 16.5. The molecule has 1 aliphatic carbocycles. The van der Waals surface area contributed by atoms with Gasteiger partial charge in [0, 0.05) is 50.8 Å². The zero-order valence-corrected chi connectivity index (χ0v) is 12.6. The number of methoxy groups -OCH3 is 1. The van der Waals surface area contributed by atoms with Gasteiger partial charge in [-0.1, -0.05) is 0 Å². The van der Waals surface area contributed by atoms with Crippen LogP contribution in [0.4, 0.5) is 0 Å². The zero-order valence-electron chi connectivity index (χ0n) is 12.6. The van der Waals surface area contributed by atoms with Crippen LogP contribution in [0.25, 0.3) is 0 Å². The molecule has 1 aliphatic heterocycles. The van der Waals surface area contributed by atoms with Crippen LogP contribution in [0.1, 0.15) is 18.4 Å². The fourth-order valence-corrected chi connectivity index (χ4v) is 3.50. The molecule has 3 rings (SSSR count). The van der Waals surface area contributed by atoms with Crippen molar-refractivity contribution in [2.45, 2.75) is 38.5 Å². The average Bonchev–Trinajstić information content (AvgIpc) is 3.07. The molecule has 6 nitrogen and oxygen atoms in total. The first kappa shape index (κ1) is 14.5. The van der Waals surface area contributed by atoms with Crippen molar-refractivity contribution in [1.29, 1.82) is 0 Å². The lowest BCUT2D eigenvalue weighted by Crippen LogP contribution is -2.62. The summed E-state index contributed by atoms with van der Waals surface area (Å²) in [6.45, 7) is 4.05. The molecule has 0 bridgehead atoms. The molecule has 1 aromatic rings. The van der Waals surface area contributed by atoms with Crippen molar-refractivity contribution in [2.24, 2.45) is 11.8 Å². The summed E-state index contributed by atoms with van der Waals surface area (Å²) < 4.78 is 12.8. The smallest absolute Gasteiger partial charge is 0.222 e. The first-order valence-corrected chi connectivity index (χ1v) is 7.58. The minimum atomic E-state index is 0.0830. The van der Waals surface area contributed by atoms with E-state index in [1.807, 2.05) is 17.8 Å². The molecule has 1 saturated carbocycles. The second kappa shape index (κ2) is 6.15. The normalized spacial score (nSPS) is 30.8. The number of rotatable bonds is 6. The van der Waals surface area contributed by atoms with Crippen molar-refractivity contribution in [2.75, 3.05) is 20.3 Å². The van der Waals surface area contributed by atoms with Gasteiger partial charge in [-0.15, -0.1) is 0 Å². The SMILES string of the molecule is COC[C@@H]1[C@H](NC(=O)CCn2cc(C)cn2)[C@@H]2CCO[C@H]12. The molecular weight excluding hydrogens is 270 g/mol. The molecule has 0 unspecified atom stereocenters. The molecule has 1 aromatic heterocycles. The van der Waals surface area contributed by atoms with Crippen molar-refractivity contribution < 1.29 is 14.3 Å². The van der Waals surface area contributed by atoms with E-state index < -0.39 is 0 Å². The molecule has 1 N–H and O–H groups in total. The molecule has 1 saturated heterocycles. The van der Waals surface area contributed by atoms with Crippen molar-refractivity contribution in [1.82, 2.24) is 15.1 Å². The van der Waals surface area contributed by atoms with Crippen molar-refractivity contribution >= 4 is 5.91 Å². The highest BCUT2D eigenvalue weighted by molar-refractivity contribution is 5.76. The fourth-order valence-electron chi connectivity index (χ4n) is 3.50. The van der Waals surface area contributed by atoms with Crippen molar-refractivity contribution in [3.63, 3.8) is 0 Å². The Morgan fingerprint density at radius 3 is 3.19 bits per heavy atom. The van der Waals surface area contributed by atoms with Crippen LogP contribution in [0.2, 0.25) is 0 Å². The summed E-state index contributed by atoms with van der Waals surface area (Å²) in [5, 5.41) is 7.35. The predicted octanol–water partition coefficient (Wildman–Crippen LogP) is 0.748. The number of nitrogens with one attached hydrogen (secondary N) is 1. The van der Waals surface area contributed by atoms with Gasteiger partial charge in [-0.3, -0.25) is 9.48 Å². The minimum Gasteiger partial charge on any atom is -0.384 e. The molecule has 0 radical (unpaired) electrons. The van der Waals surface area contributed by atoms with Gasteiger partial charge in [0.1, 0.15) is 0 Å². The van der Waals surface area contributed by atoms with E-state index in [2.05, 4.69) is 10.4 Å². The quantitative estimate of drug-likeness (QED) is 0.840. The molecule has 21 heavy (non-hydrogen) atoms. The maximum atomic E-state index is 12.1. The van der Waals surface area contributed by atoms with Crippen LogP contribution >= 0.6 is 0 Å². The van der Waals surface area contributed by atoms with Crippen LogP contribution in [0.3, 0.4) is 0 Å². The number of aromatic nitrogens is 2. The van der Waals surface area contributed by atoms with Gasteiger partial charge < -0.3 is 14.8 Å². The third kappa shape index (κ3) is 2.96. The Hall–Kier alpha value is -1.40. The van der Waals surface area contributed by atoms with E-state index in [-0.39, 0.29) is 18.1 Å². The van der Waals surface area contributed by atoms with Gasteiger partial charge in [0.15, 0.2) is 0 Å². The number of hydrogen-bond acceptors (Lipinski definition) is 4. The van der Waals surface area contributed by atoms with Gasteiger partial charge in [0.2, 0.25) is 5.91 Å². The van der Waals surface area contributed by atoms with Crippen molar-refractivity contribution in [3.05, 3.63) is 18.0 Å². The highest BCUT2D eigenvalue weighted by Crippen LogP contribution is 2.43.